The lowest BCUT2D eigenvalue weighted by atomic mass is 10.2. The molecule has 17 heavy (non-hydrogen) atoms. The summed E-state index contributed by atoms with van der Waals surface area (Å²) in [6.07, 6.45) is 2.33. The first-order chi connectivity index (χ1) is 8.24. The third-order valence-corrected chi connectivity index (χ3v) is 2.51. The second-order valence-corrected chi connectivity index (χ2v) is 3.67. The number of aliphatic hydroxyl groups excluding tert-OH is 1. The largest absolute Gasteiger partial charge is 0.495 e. The van der Waals surface area contributed by atoms with E-state index in [4.69, 9.17) is 15.6 Å². The Morgan fingerprint density at radius 1 is 1.47 bits per heavy atom. The van der Waals surface area contributed by atoms with Crippen LogP contribution in [0, 0.1) is 0 Å². The lowest BCUT2D eigenvalue weighted by molar-refractivity contribution is 0.298. The van der Waals surface area contributed by atoms with Crippen molar-refractivity contribution >= 4 is 5.69 Å². The monoisotopic (exact) mass is 233 g/mol. The number of hydrogen-bond donors (Lipinski definition) is 3. The molecule has 0 fully saturated rings. The minimum absolute atomic E-state index is 0.0926. The number of hydrogen-bond acceptors (Lipinski definition) is 4. The zero-order chi connectivity index (χ0) is 12.3. The summed E-state index contributed by atoms with van der Waals surface area (Å²) in [5.41, 5.74) is 8.07. The number of nitrogens with one attached hydrogen (secondary N) is 1. The molecule has 0 unspecified atom stereocenters. The Labute approximate surface area is 99.3 Å². The van der Waals surface area contributed by atoms with Gasteiger partial charge in [0.2, 0.25) is 0 Å². The number of nitrogens with two attached hydrogens (primary N) is 1. The van der Waals surface area contributed by atoms with Crippen molar-refractivity contribution in [3.63, 3.8) is 0 Å². The maximum absolute atomic E-state index is 8.83. The summed E-state index contributed by atoms with van der Waals surface area (Å²) in [6, 6.07) is 5.48. The van der Waals surface area contributed by atoms with E-state index in [2.05, 4.69) is 9.97 Å². The Morgan fingerprint density at radius 2 is 2.29 bits per heavy atom. The van der Waals surface area contributed by atoms with Crippen LogP contribution in [0.2, 0.25) is 0 Å². The van der Waals surface area contributed by atoms with E-state index in [-0.39, 0.29) is 6.61 Å². The van der Waals surface area contributed by atoms with Gasteiger partial charge in [-0.15, -0.1) is 0 Å². The highest BCUT2D eigenvalue weighted by Gasteiger charge is 2.06. The second kappa shape index (κ2) is 4.88. The van der Waals surface area contributed by atoms with Crippen LogP contribution in [0.15, 0.2) is 24.4 Å². The first-order valence-electron chi connectivity index (χ1n) is 5.33. The summed E-state index contributed by atoms with van der Waals surface area (Å²) >= 11 is 0. The smallest absolute Gasteiger partial charge is 0.142 e. The second-order valence-electron chi connectivity index (χ2n) is 3.67. The average molecular weight is 233 g/mol. The summed E-state index contributed by atoms with van der Waals surface area (Å²) in [6.45, 7) is 0.0926. The van der Waals surface area contributed by atoms with Crippen LogP contribution in [0.1, 0.15) is 5.69 Å². The predicted molar refractivity (Wildman–Crippen MR) is 65.8 cm³/mol. The molecule has 90 valence electrons. The Balaban J connectivity index is 2.32. The van der Waals surface area contributed by atoms with E-state index < -0.39 is 0 Å². The van der Waals surface area contributed by atoms with Gasteiger partial charge in [-0.3, -0.25) is 0 Å². The van der Waals surface area contributed by atoms with Crippen LogP contribution in [-0.4, -0.2) is 28.8 Å². The topological polar surface area (TPSA) is 84.2 Å². The van der Waals surface area contributed by atoms with E-state index in [1.165, 1.54) is 0 Å². The van der Waals surface area contributed by atoms with Crippen molar-refractivity contribution in [2.45, 2.75) is 6.42 Å². The molecule has 0 radical (unpaired) electrons. The molecule has 5 heteroatoms. The summed E-state index contributed by atoms with van der Waals surface area (Å²) < 4.78 is 5.15. The molecule has 0 spiro atoms. The number of rotatable bonds is 4. The highest BCUT2D eigenvalue weighted by molar-refractivity contribution is 5.65. The fourth-order valence-corrected chi connectivity index (χ4v) is 1.61. The van der Waals surface area contributed by atoms with Gasteiger partial charge in [0.05, 0.1) is 18.5 Å². The quantitative estimate of drug-likeness (QED) is 0.693. The Bertz CT molecular complexity index is 508. The molecule has 4 N–H and O–H groups in total. The summed E-state index contributed by atoms with van der Waals surface area (Å²) in [4.78, 5) is 7.42. The van der Waals surface area contributed by atoms with E-state index in [0.29, 0.717) is 17.9 Å². The summed E-state index contributed by atoms with van der Waals surface area (Å²) in [5, 5.41) is 8.83. The van der Waals surface area contributed by atoms with Crippen molar-refractivity contribution in [3.05, 3.63) is 30.1 Å². The molecule has 0 saturated carbocycles. The third-order valence-electron chi connectivity index (χ3n) is 2.51. The molecule has 0 bridgehead atoms. The normalized spacial score (nSPS) is 10.5. The number of aromatic nitrogens is 2. The molecule has 0 amide bonds. The van der Waals surface area contributed by atoms with Crippen LogP contribution in [0.5, 0.6) is 5.75 Å². The zero-order valence-corrected chi connectivity index (χ0v) is 9.60. The Morgan fingerprint density at radius 3 is 3.00 bits per heavy atom. The van der Waals surface area contributed by atoms with Gasteiger partial charge in [0.25, 0.3) is 0 Å². The number of methoxy groups -OCH3 is 1. The standard InChI is InChI=1S/C12H15N3O2/c1-17-11-6-8(2-3-10(11)13)12-14-7-9(15-12)4-5-16/h2-3,6-7,16H,4-5,13H2,1H3,(H,14,15). The molecule has 5 nitrogen and oxygen atoms in total. The van der Waals surface area contributed by atoms with Gasteiger partial charge >= 0.3 is 0 Å². The van der Waals surface area contributed by atoms with Gasteiger partial charge in [-0.05, 0) is 18.2 Å². The van der Waals surface area contributed by atoms with Crippen LogP contribution in [0.25, 0.3) is 11.4 Å². The van der Waals surface area contributed by atoms with E-state index >= 15 is 0 Å². The fourth-order valence-electron chi connectivity index (χ4n) is 1.61. The van der Waals surface area contributed by atoms with Gasteiger partial charge in [0.1, 0.15) is 11.6 Å². The molecular formula is C12H15N3O2. The summed E-state index contributed by atoms with van der Waals surface area (Å²) in [5.74, 6) is 1.37. The van der Waals surface area contributed by atoms with Gasteiger partial charge < -0.3 is 20.6 Å². The molecule has 0 aliphatic rings. The average Bonchev–Trinajstić information content (AvgIpc) is 2.79. The molecule has 0 saturated heterocycles. The van der Waals surface area contributed by atoms with Crippen molar-refractivity contribution in [2.24, 2.45) is 0 Å². The lowest BCUT2D eigenvalue weighted by Gasteiger charge is -2.05. The number of H-pyrrole nitrogens is 1. The van der Waals surface area contributed by atoms with Crippen molar-refractivity contribution < 1.29 is 9.84 Å². The predicted octanol–water partition coefficient (Wildman–Crippen LogP) is 1.20. The minimum Gasteiger partial charge on any atom is -0.495 e. The van der Waals surface area contributed by atoms with Crippen molar-refractivity contribution in [2.75, 3.05) is 19.5 Å². The first-order valence-corrected chi connectivity index (χ1v) is 5.33. The van der Waals surface area contributed by atoms with E-state index in [9.17, 15) is 0 Å². The van der Waals surface area contributed by atoms with Crippen molar-refractivity contribution in [1.29, 1.82) is 0 Å². The molecule has 2 rings (SSSR count). The molecule has 2 aromatic rings. The number of nitrogen functional groups attached to an aromatic ring is 1. The van der Waals surface area contributed by atoms with Gasteiger partial charge in [-0.2, -0.15) is 0 Å². The van der Waals surface area contributed by atoms with Crippen LogP contribution in [0.4, 0.5) is 5.69 Å². The fraction of sp³-hybridized carbons (Fsp3) is 0.250. The molecular weight excluding hydrogens is 218 g/mol. The highest BCUT2D eigenvalue weighted by atomic mass is 16.5. The number of aliphatic hydroxyl groups is 1. The zero-order valence-electron chi connectivity index (χ0n) is 9.60. The Kier molecular flexibility index (Phi) is 3.30. The van der Waals surface area contributed by atoms with Gasteiger partial charge in [0, 0.05) is 24.8 Å². The van der Waals surface area contributed by atoms with Crippen molar-refractivity contribution in [1.82, 2.24) is 9.97 Å². The molecule has 1 heterocycles. The van der Waals surface area contributed by atoms with Crippen LogP contribution in [0.3, 0.4) is 0 Å². The van der Waals surface area contributed by atoms with E-state index in [1.54, 1.807) is 19.4 Å². The van der Waals surface area contributed by atoms with Crippen LogP contribution in [-0.2, 0) is 6.42 Å². The molecule has 1 aromatic heterocycles. The number of benzene rings is 1. The van der Waals surface area contributed by atoms with E-state index in [0.717, 1.165) is 17.1 Å². The molecule has 0 aliphatic carbocycles. The van der Waals surface area contributed by atoms with Gasteiger partial charge in [-0.25, -0.2) is 4.98 Å². The third kappa shape index (κ3) is 2.39. The number of ether oxygens (including phenoxy) is 1. The highest BCUT2D eigenvalue weighted by Crippen LogP contribution is 2.27. The van der Waals surface area contributed by atoms with Crippen molar-refractivity contribution in [3.8, 4) is 17.1 Å². The number of aromatic amines is 1. The maximum atomic E-state index is 8.83. The lowest BCUT2D eigenvalue weighted by Crippen LogP contribution is -1.93. The number of imidazole rings is 1. The van der Waals surface area contributed by atoms with Gasteiger partial charge in [-0.1, -0.05) is 0 Å². The molecule has 1 aromatic carbocycles. The van der Waals surface area contributed by atoms with Gasteiger partial charge in [0.15, 0.2) is 0 Å². The van der Waals surface area contributed by atoms with Crippen LogP contribution >= 0.6 is 0 Å². The summed E-state index contributed by atoms with van der Waals surface area (Å²) in [7, 11) is 1.58. The number of anilines is 1. The SMILES string of the molecule is COc1cc(-c2nc(CCO)c[nH]2)ccc1N. The Hall–Kier alpha value is -2.01. The van der Waals surface area contributed by atoms with Crippen LogP contribution < -0.4 is 10.5 Å². The minimum atomic E-state index is 0.0926. The molecule has 0 atom stereocenters. The van der Waals surface area contributed by atoms with E-state index in [1.807, 2.05) is 12.1 Å². The molecule has 0 aliphatic heterocycles. The first kappa shape index (κ1) is 11.5. The number of nitrogens with zero attached hydrogens (tertiary/aromatic N) is 1. The maximum Gasteiger partial charge on any atom is 0.142 e.